The fourth-order valence-corrected chi connectivity index (χ4v) is 4.72. The van der Waals surface area contributed by atoms with E-state index in [2.05, 4.69) is 79.5 Å². The van der Waals surface area contributed by atoms with Crippen LogP contribution < -0.4 is 0 Å². The van der Waals surface area contributed by atoms with Gasteiger partial charge in [0.1, 0.15) is 0 Å². The van der Waals surface area contributed by atoms with E-state index in [9.17, 15) is 5.21 Å². The summed E-state index contributed by atoms with van der Waals surface area (Å²) in [6.07, 6.45) is 4.31. The van der Waals surface area contributed by atoms with Crippen molar-refractivity contribution in [3.63, 3.8) is 0 Å². The van der Waals surface area contributed by atoms with Crippen molar-refractivity contribution >= 4 is 0 Å². The summed E-state index contributed by atoms with van der Waals surface area (Å²) >= 11 is 0. The normalized spacial score (nSPS) is 26.8. The molecule has 0 saturated carbocycles. The monoisotopic (exact) mass is 391 g/mol. The van der Waals surface area contributed by atoms with Gasteiger partial charge in [0.25, 0.3) is 0 Å². The third-order valence-corrected chi connectivity index (χ3v) is 6.62. The van der Waals surface area contributed by atoms with Crippen molar-refractivity contribution < 1.29 is 15.0 Å². The van der Waals surface area contributed by atoms with Gasteiger partial charge in [0.2, 0.25) is 0 Å². The molecule has 0 bridgehead atoms. The largest absolute Gasteiger partial charge is 0.182 e. The number of hydrogen-bond donors (Lipinski definition) is 1. The molecule has 4 nitrogen and oxygen atoms in total. The topological polar surface area (TPSA) is 32.7 Å². The summed E-state index contributed by atoms with van der Waals surface area (Å²) in [5.74, 6) is 0.201. The van der Waals surface area contributed by atoms with E-state index in [0.29, 0.717) is 0 Å². The predicted molar refractivity (Wildman–Crippen MR) is 115 cm³/mol. The van der Waals surface area contributed by atoms with Crippen LogP contribution in [-0.4, -0.2) is 31.7 Å². The van der Waals surface area contributed by atoms with E-state index in [-0.39, 0.29) is 23.0 Å². The van der Waals surface area contributed by atoms with Crippen molar-refractivity contribution in [1.82, 2.24) is 5.06 Å². The highest BCUT2D eigenvalue weighted by Gasteiger charge is 2.57. The van der Waals surface area contributed by atoms with Crippen LogP contribution in [0.4, 0.5) is 0 Å². The third-order valence-electron chi connectivity index (χ3n) is 6.62. The van der Waals surface area contributed by atoms with Crippen LogP contribution >= 0.6 is 0 Å². The van der Waals surface area contributed by atoms with Gasteiger partial charge in [0.05, 0.1) is 0 Å². The van der Waals surface area contributed by atoms with E-state index in [0.717, 1.165) is 24.8 Å². The summed E-state index contributed by atoms with van der Waals surface area (Å²) in [5, 5.41) is 14.3. The van der Waals surface area contributed by atoms with Crippen molar-refractivity contribution in [3.05, 3.63) is 35.9 Å². The van der Waals surface area contributed by atoms with Gasteiger partial charge in [-0.1, -0.05) is 56.0 Å². The summed E-state index contributed by atoms with van der Waals surface area (Å²) < 4.78 is 0. The van der Waals surface area contributed by atoms with E-state index in [1.54, 1.807) is 0 Å². The lowest BCUT2D eigenvalue weighted by Crippen LogP contribution is -2.69. The zero-order chi connectivity index (χ0) is 21.4. The van der Waals surface area contributed by atoms with Gasteiger partial charge in [-0.25, -0.2) is 0 Å². The zero-order valence-corrected chi connectivity index (χ0v) is 19.6. The molecule has 1 N–H and O–H groups in total. The van der Waals surface area contributed by atoms with E-state index >= 15 is 0 Å². The average Bonchev–Trinajstić information content (AvgIpc) is 2.58. The number of piperidine rings is 1. The molecular weight excluding hydrogens is 348 g/mol. The molecular formula is C24H43N2O2+. The first-order valence-corrected chi connectivity index (χ1v) is 10.9. The standard InChI is InChI=1S/C24H43N2O2/c1-10-24(9)18-14-17-23(7,8)25(24)28-26(27,22(4,5)6)21(19(2)3)20-15-12-11-13-16-20/h11-13,15-16,19,21,27H,10,14,17-18H2,1-9H3/q+1. The lowest BCUT2D eigenvalue weighted by molar-refractivity contribution is -1.31. The Labute approximate surface area is 172 Å². The SMILES string of the molecule is CCC1(C)CCCC(C)(C)N1O[N+](O)(C(c1ccccc1)C(C)C)C(C)(C)C. The molecule has 4 heteroatoms. The van der Waals surface area contributed by atoms with Gasteiger partial charge in [0, 0.05) is 22.6 Å². The van der Waals surface area contributed by atoms with E-state index in [1.807, 2.05) is 18.2 Å². The number of benzene rings is 1. The zero-order valence-electron chi connectivity index (χ0n) is 19.6. The first kappa shape index (κ1) is 23.3. The molecule has 0 spiro atoms. The minimum absolute atomic E-state index is 0.0998. The minimum Gasteiger partial charge on any atom is -0.179 e. The van der Waals surface area contributed by atoms with Gasteiger partial charge in [0.15, 0.2) is 11.6 Å². The molecule has 0 aliphatic carbocycles. The van der Waals surface area contributed by atoms with Crippen molar-refractivity contribution in [2.75, 3.05) is 0 Å². The molecule has 1 heterocycles. The van der Waals surface area contributed by atoms with Crippen LogP contribution in [0.5, 0.6) is 0 Å². The van der Waals surface area contributed by atoms with Gasteiger partial charge in [-0.3, -0.25) is 0 Å². The molecule has 0 amide bonds. The lowest BCUT2D eigenvalue weighted by atomic mass is 9.79. The first-order valence-electron chi connectivity index (χ1n) is 10.9. The second kappa shape index (κ2) is 8.06. The quantitative estimate of drug-likeness (QED) is 0.434. The number of rotatable bonds is 6. The van der Waals surface area contributed by atoms with Crippen molar-refractivity contribution in [3.8, 4) is 0 Å². The number of nitrogens with zero attached hydrogens (tertiary/aromatic N) is 2. The fourth-order valence-electron chi connectivity index (χ4n) is 4.72. The van der Waals surface area contributed by atoms with Crippen molar-refractivity contribution in [2.24, 2.45) is 5.92 Å². The molecule has 1 aliphatic rings. The Morgan fingerprint density at radius 3 is 2.14 bits per heavy atom. The Balaban J connectivity index is 2.58. The fraction of sp³-hybridized carbons (Fsp3) is 0.750. The summed E-state index contributed by atoms with van der Waals surface area (Å²) in [4.78, 5) is 6.30. The second-order valence-corrected chi connectivity index (χ2v) is 10.8. The second-order valence-electron chi connectivity index (χ2n) is 10.8. The van der Waals surface area contributed by atoms with Gasteiger partial charge in [-0.2, -0.15) is 5.21 Å². The Bertz CT molecular complexity index is 638. The smallest absolute Gasteiger partial charge is 0.179 e. The maximum Gasteiger partial charge on any atom is 0.182 e. The molecule has 1 fully saturated rings. The van der Waals surface area contributed by atoms with Gasteiger partial charge in [-0.05, 0) is 72.0 Å². The Kier molecular flexibility index (Phi) is 6.72. The highest BCUT2D eigenvalue weighted by atomic mass is 17.0. The van der Waals surface area contributed by atoms with Crippen molar-refractivity contribution in [1.29, 1.82) is 0 Å². The summed E-state index contributed by atoms with van der Waals surface area (Å²) in [5.41, 5.74) is 0.339. The van der Waals surface area contributed by atoms with Crippen molar-refractivity contribution in [2.45, 2.75) is 111 Å². The molecule has 0 aromatic heterocycles. The molecule has 28 heavy (non-hydrogen) atoms. The molecule has 160 valence electrons. The summed E-state index contributed by atoms with van der Waals surface area (Å²) in [6, 6.07) is 10.1. The Morgan fingerprint density at radius 2 is 1.68 bits per heavy atom. The molecule has 2 rings (SSSR count). The van der Waals surface area contributed by atoms with E-state index in [1.165, 1.54) is 6.42 Å². The number of quaternary nitrogens is 1. The number of hydrogen-bond acceptors (Lipinski definition) is 3. The first-order chi connectivity index (χ1) is 12.8. The maximum atomic E-state index is 12.2. The average molecular weight is 392 g/mol. The molecule has 3 atom stereocenters. The lowest BCUT2D eigenvalue weighted by Gasteiger charge is -2.55. The molecule has 1 saturated heterocycles. The van der Waals surface area contributed by atoms with Gasteiger partial charge < -0.3 is 0 Å². The maximum absolute atomic E-state index is 12.2. The summed E-state index contributed by atoms with van der Waals surface area (Å²) in [7, 11) is 0. The molecule has 1 aromatic rings. The highest BCUT2D eigenvalue weighted by Crippen LogP contribution is 2.47. The Hall–Kier alpha value is -0.940. The molecule has 0 radical (unpaired) electrons. The van der Waals surface area contributed by atoms with Crippen LogP contribution in [0.25, 0.3) is 0 Å². The molecule has 1 aromatic carbocycles. The predicted octanol–water partition coefficient (Wildman–Crippen LogP) is 6.67. The van der Waals surface area contributed by atoms with Gasteiger partial charge >= 0.3 is 0 Å². The highest BCUT2D eigenvalue weighted by molar-refractivity contribution is 5.18. The van der Waals surface area contributed by atoms with Crippen LogP contribution in [0.15, 0.2) is 30.3 Å². The van der Waals surface area contributed by atoms with Crippen LogP contribution in [0.2, 0.25) is 0 Å². The van der Waals surface area contributed by atoms with Crippen LogP contribution in [0.1, 0.15) is 99.6 Å². The molecule has 3 unspecified atom stereocenters. The third kappa shape index (κ3) is 4.30. The van der Waals surface area contributed by atoms with E-state index in [4.69, 9.17) is 4.94 Å². The Morgan fingerprint density at radius 1 is 1.11 bits per heavy atom. The van der Waals surface area contributed by atoms with Gasteiger partial charge in [-0.15, -0.1) is 5.06 Å². The summed E-state index contributed by atoms with van der Waals surface area (Å²) in [6.45, 7) is 19.5. The number of hydroxylamine groups is 6. The van der Waals surface area contributed by atoms with Crippen LogP contribution in [-0.2, 0) is 4.94 Å². The van der Waals surface area contributed by atoms with Crippen LogP contribution in [0.3, 0.4) is 0 Å². The molecule has 1 aliphatic heterocycles. The van der Waals surface area contributed by atoms with E-state index < -0.39 is 10.3 Å². The minimum atomic E-state index is -0.521. The van der Waals surface area contributed by atoms with Crippen LogP contribution in [0, 0.1) is 5.92 Å².